The van der Waals surface area contributed by atoms with Crippen LogP contribution in [-0.4, -0.2) is 13.7 Å². The van der Waals surface area contributed by atoms with E-state index in [-0.39, 0.29) is 0 Å². The molecule has 0 fully saturated rings. The first kappa shape index (κ1) is 30.7. The van der Waals surface area contributed by atoms with Gasteiger partial charge in [-0.1, -0.05) is 103 Å². The third kappa shape index (κ3) is 4.39. The average molecular weight is 700 g/mol. The molecule has 254 valence electrons. The summed E-state index contributed by atoms with van der Waals surface area (Å²) in [6.45, 7) is 0. The van der Waals surface area contributed by atoms with Gasteiger partial charge in [0.15, 0.2) is 0 Å². The highest BCUT2D eigenvalue weighted by atomic mass is 15.0. The molecule has 3 heterocycles. The lowest BCUT2D eigenvalue weighted by Crippen LogP contribution is -2.01. The highest BCUT2D eigenvalue weighted by molar-refractivity contribution is 6.17. The Morgan fingerprint density at radius 3 is 1.58 bits per heavy atom. The molecule has 5 heteroatoms. The fourth-order valence-corrected chi connectivity index (χ4v) is 8.83. The second-order valence-corrected chi connectivity index (χ2v) is 14.0. The lowest BCUT2D eigenvalue weighted by Gasteiger charge is -2.17. The first-order valence-corrected chi connectivity index (χ1v) is 18.3. The molecule has 0 amide bonds. The van der Waals surface area contributed by atoms with E-state index in [4.69, 9.17) is 0 Å². The zero-order valence-corrected chi connectivity index (χ0v) is 29.5. The molecule has 5 nitrogen and oxygen atoms in total. The van der Waals surface area contributed by atoms with Crippen LogP contribution >= 0.6 is 0 Å². The van der Waals surface area contributed by atoms with Crippen LogP contribution in [0.15, 0.2) is 176 Å². The molecule has 0 aliphatic heterocycles. The minimum absolute atomic E-state index is 0.599. The van der Waals surface area contributed by atoms with Crippen LogP contribution in [0.1, 0.15) is 11.1 Å². The quantitative estimate of drug-likeness (QED) is 0.184. The van der Waals surface area contributed by atoms with Gasteiger partial charge in [-0.2, -0.15) is 10.5 Å². The van der Waals surface area contributed by atoms with E-state index in [2.05, 4.69) is 165 Å². The van der Waals surface area contributed by atoms with E-state index in [1.165, 1.54) is 10.8 Å². The van der Waals surface area contributed by atoms with Gasteiger partial charge in [0.05, 0.1) is 61.7 Å². The average Bonchev–Trinajstić information content (AvgIpc) is 3.89. The van der Waals surface area contributed by atoms with Crippen molar-refractivity contribution in [2.24, 2.45) is 0 Å². The van der Waals surface area contributed by atoms with Crippen LogP contribution in [0.5, 0.6) is 0 Å². The first-order valence-electron chi connectivity index (χ1n) is 18.3. The number of benzene rings is 8. The van der Waals surface area contributed by atoms with E-state index < -0.39 is 0 Å². The monoisotopic (exact) mass is 699 g/mol. The topological polar surface area (TPSA) is 62.4 Å². The lowest BCUT2D eigenvalue weighted by atomic mass is 9.99. The zero-order valence-electron chi connectivity index (χ0n) is 29.5. The predicted octanol–water partition coefficient (Wildman–Crippen LogP) is 12.4. The second-order valence-electron chi connectivity index (χ2n) is 14.0. The molecular formula is C50H29N5. The Morgan fingerprint density at radius 1 is 0.382 bits per heavy atom. The van der Waals surface area contributed by atoms with Crippen molar-refractivity contribution >= 4 is 65.4 Å². The molecular weight excluding hydrogens is 671 g/mol. The zero-order chi connectivity index (χ0) is 36.6. The largest absolute Gasteiger partial charge is 0.309 e. The molecule has 3 aromatic heterocycles. The minimum Gasteiger partial charge on any atom is -0.309 e. The van der Waals surface area contributed by atoms with E-state index in [0.717, 1.165) is 82.8 Å². The molecule has 55 heavy (non-hydrogen) atoms. The van der Waals surface area contributed by atoms with Crippen molar-refractivity contribution in [1.82, 2.24) is 13.7 Å². The van der Waals surface area contributed by atoms with E-state index >= 15 is 0 Å². The molecule has 0 aliphatic carbocycles. The molecule has 0 saturated carbocycles. The summed E-state index contributed by atoms with van der Waals surface area (Å²) in [7, 11) is 0. The fourth-order valence-electron chi connectivity index (χ4n) is 8.83. The maximum atomic E-state index is 10.7. The SMILES string of the molecule is N#Cc1ccc2c(c1)c1ccccc1n2-c1ccc(-c2cccc(C#N)c2-n2c3ccccc3c3c(-n4c5ccccc5c5ccccc54)cccc32)cc1. The number of para-hydroxylation sites is 5. The van der Waals surface area contributed by atoms with E-state index in [0.29, 0.717) is 11.1 Å². The standard InChI is InChI=1S/C50H29N5/c51-30-32-23-28-46-41(29-32)39-14-3-5-17-42(39)53(46)35-26-24-33(25-27-35)36-16-9-11-34(31-52)50(36)55-45-20-8-4-15-40(45)49-47(21-10-22-48(49)55)54-43-18-6-1-12-37(43)38-13-2-7-19-44(38)54/h1-29H. The van der Waals surface area contributed by atoms with Crippen molar-refractivity contribution in [2.75, 3.05) is 0 Å². The summed E-state index contributed by atoms with van der Waals surface area (Å²) in [4.78, 5) is 0. The van der Waals surface area contributed by atoms with Crippen molar-refractivity contribution in [1.29, 1.82) is 10.5 Å². The number of fused-ring (bicyclic) bond motifs is 9. The van der Waals surface area contributed by atoms with Crippen LogP contribution in [0.4, 0.5) is 0 Å². The van der Waals surface area contributed by atoms with Crippen LogP contribution in [0.25, 0.3) is 93.6 Å². The molecule has 8 aromatic carbocycles. The van der Waals surface area contributed by atoms with Gasteiger partial charge in [-0.25, -0.2) is 0 Å². The van der Waals surface area contributed by atoms with Crippen LogP contribution in [0.3, 0.4) is 0 Å². The molecule has 0 radical (unpaired) electrons. The molecule has 0 saturated heterocycles. The van der Waals surface area contributed by atoms with Gasteiger partial charge >= 0.3 is 0 Å². The first-order chi connectivity index (χ1) is 27.2. The Bertz CT molecular complexity index is 3400. The smallest absolute Gasteiger partial charge is 0.101 e. The highest BCUT2D eigenvalue weighted by Crippen LogP contribution is 2.42. The molecule has 0 unspecified atom stereocenters. The van der Waals surface area contributed by atoms with E-state index in [1.807, 2.05) is 36.4 Å². The number of nitrogens with zero attached hydrogens (tertiary/aromatic N) is 5. The van der Waals surface area contributed by atoms with Gasteiger partial charge < -0.3 is 13.7 Å². The van der Waals surface area contributed by atoms with Crippen LogP contribution in [0, 0.1) is 22.7 Å². The Labute approximate surface area is 316 Å². The molecule has 0 aliphatic rings. The Balaban J connectivity index is 1.15. The summed E-state index contributed by atoms with van der Waals surface area (Å²) >= 11 is 0. The number of hydrogen-bond acceptors (Lipinski definition) is 2. The van der Waals surface area contributed by atoms with Crippen molar-refractivity contribution in [3.8, 4) is 40.3 Å². The number of nitriles is 2. The van der Waals surface area contributed by atoms with Crippen LogP contribution in [-0.2, 0) is 0 Å². The minimum atomic E-state index is 0.599. The van der Waals surface area contributed by atoms with Crippen molar-refractivity contribution in [3.05, 3.63) is 187 Å². The van der Waals surface area contributed by atoms with E-state index in [9.17, 15) is 10.5 Å². The van der Waals surface area contributed by atoms with Crippen LogP contribution in [0.2, 0.25) is 0 Å². The maximum Gasteiger partial charge on any atom is 0.101 e. The summed E-state index contributed by atoms with van der Waals surface area (Å²) in [5.74, 6) is 0. The molecule has 0 N–H and O–H groups in total. The Morgan fingerprint density at radius 2 is 0.927 bits per heavy atom. The molecule has 11 rings (SSSR count). The summed E-state index contributed by atoms with van der Waals surface area (Å²) < 4.78 is 6.92. The lowest BCUT2D eigenvalue weighted by molar-refractivity contribution is 1.16. The molecule has 11 aromatic rings. The maximum absolute atomic E-state index is 10.7. The van der Waals surface area contributed by atoms with Gasteiger partial charge in [0.25, 0.3) is 0 Å². The van der Waals surface area contributed by atoms with Crippen molar-refractivity contribution < 1.29 is 0 Å². The highest BCUT2D eigenvalue weighted by Gasteiger charge is 2.23. The number of hydrogen-bond donors (Lipinski definition) is 0. The normalized spacial score (nSPS) is 11.6. The van der Waals surface area contributed by atoms with Gasteiger partial charge in [0.1, 0.15) is 6.07 Å². The molecule has 0 spiro atoms. The van der Waals surface area contributed by atoms with Crippen LogP contribution < -0.4 is 0 Å². The Kier molecular flexibility index (Phi) is 6.61. The second kappa shape index (κ2) is 11.8. The predicted molar refractivity (Wildman–Crippen MR) is 224 cm³/mol. The summed E-state index contributed by atoms with van der Waals surface area (Å²) in [5.41, 5.74) is 12.7. The molecule has 0 bridgehead atoms. The van der Waals surface area contributed by atoms with Gasteiger partial charge in [0.2, 0.25) is 0 Å². The van der Waals surface area contributed by atoms with Gasteiger partial charge in [-0.15, -0.1) is 0 Å². The Hall–Kier alpha value is -7.86. The van der Waals surface area contributed by atoms with Gasteiger partial charge in [-0.05, 0) is 78.4 Å². The summed E-state index contributed by atoms with van der Waals surface area (Å²) in [6, 6.07) is 65.9. The summed E-state index contributed by atoms with van der Waals surface area (Å²) in [5, 5.41) is 27.2. The third-order valence-corrected chi connectivity index (χ3v) is 11.1. The fraction of sp³-hybridized carbons (Fsp3) is 0. The van der Waals surface area contributed by atoms with E-state index in [1.54, 1.807) is 0 Å². The number of aromatic nitrogens is 3. The number of rotatable bonds is 4. The van der Waals surface area contributed by atoms with Crippen molar-refractivity contribution in [2.45, 2.75) is 0 Å². The third-order valence-electron chi connectivity index (χ3n) is 11.1. The van der Waals surface area contributed by atoms with Gasteiger partial charge in [0, 0.05) is 43.6 Å². The van der Waals surface area contributed by atoms with Gasteiger partial charge in [-0.3, -0.25) is 0 Å². The summed E-state index contributed by atoms with van der Waals surface area (Å²) in [6.07, 6.45) is 0. The van der Waals surface area contributed by atoms with Crippen molar-refractivity contribution in [3.63, 3.8) is 0 Å². The molecule has 0 atom stereocenters.